The van der Waals surface area contributed by atoms with Crippen LogP contribution >= 0.6 is 10.7 Å². The maximum atomic E-state index is 14.0. The number of piperidine rings is 4. The number of hydrogen-bond donors (Lipinski definition) is 4. The van der Waals surface area contributed by atoms with Gasteiger partial charge in [-0.25, -0.2) is 47.7 Å². The van der Waals surface area contributed by atoms with E-state index in [9.17, 15) is 57.9 Å². The van der Waals surface area contributed by atoms with Gasteiger partial charge in [0.1, 0.15) is 69.5 Å². The average Bonchev–Trinajstić information content (AvgIpc) is 1.51. The number of phenols is 1. The summed E-state index contributed by atoms with van der Waals surface area (Å²) in [7, 11) is 4.97. The first-order valence-electron chi connectivity index (χ1n) is 37.3. The van der Waals surface area contributed by atoms with Crippen LogP contribution in [-0.4, -0.2) is 210 Å². The van der Waals surface area contributed by atoms with Crippen molar-refractivity contribution >= 4 is 95.1 Å². The summed E-state index contributed by atoms with van der Waals surface area (Å²) in [6.45, 7) is 16.7. The van der Waals surface area contributed by atoms with Gasteiger partial charge in [0.05, 0.1) is 59.3 Å². The molecule has 0 atom stereocenters. The van der Waals surface area contributed by atoms with Crippen molar-refractivity contribution < 1.29 is 71.8 Å². The van der Waals surface area contributed by atoms with E-state index in [0.717, 1.165) is 163 Å². The standard InChI is InChI=1S/C26H24F3N7O.C14H8F3N5O.C13H20N2O3S.C12H18N2O.C6H6FN.C6H13NO.CH3ClO2S.Al.BH.2H/c1-16-5-8-31-24(11-16)36-9-6-17(7-10-36)15-37-23-4-3-18(12-19(23)26(27,28)29)20-13-22-25(21(14-30)32-20)33-34-35(22)2;1-22-11-5-9(19-10(6-18)13(11)20-21-22)7-2-3-12(23)8(4-7)14(15,16)17;1-11-3-6-14-13(9-11)15-7-4-12(5-8-15)10-18-19(2,16)17;1-10-2-5-13-12(8-10)14-6-3-11(9-15)4-7-14;1-5-2-3-8-6(7)4-5;8-5-6-1-3-7-4-2-6;1-5(2,3)4;;;;/h3-5,8,11-13,17H,6-7,9-10,15H2,1-2H3;2-5,23H,1H3;3,6,9,12H,4-5,7-8,10H2,1-2H3;2,5,8,11,15H,3-4,6-7,9H2,1H3;2-4H,1H3;6-8H,1-5H2;1H3;;1H;;/i;;;;;;;;1T;;. The number of fused-ring (bicyclic) bond motifs is 2. The third-order valence-corrected chi connectivity index (χ3v) is 19.5. The summed E-state index contributed by atoms with van der Waals surface area (Å²) in [6, 6.07) is 29.1. The molecule has 4 N–H and O–H groups in total. The number of benzene rings is 2. The molecule has 0 saturated carbocycles. The Labute approximate surface area is 693 Å². The van der Waals surface area contributed by atoms with Crippen molar-refractivity contribution in [2.45, 2.75) is 91.4 Å². The van der Waals surface area contributed by atoms with Crippen LogP contribution in [-0.2, 0) is 49.8 Å². The number of alkyl halides is 6. The van der Waals surface area contributed by atoms with Gasteiger partial charge in [-0.15, -0.1) is 10.2 Å². The Balaban J connectivity index is 0.000000231. The van der Waals surface area contributed by atoms with Crippen molar-refractivity contribution in [2.24, 2.45) is 37.8 Å². The number of nitriles is 2. The molecule has 14 rings (SSSR count). The minimum absolute atomic E-state index is 0. The van der Waals surface area contributed by atoms with Gasteiger partial charge in [-0.2, -0.15) is 49.7 Å². The number of aromatic hydroxyl groups is 1. The molecule has 625 valence electrons. The SMILES string of the molecule is CS(=O)(=O)Cl.Cc1ccnc(F)c1.Cc1ccnc(N2CCC(CO)CC2)c1.Cc1ccnc(N2CCC(COS(C)(=O)=O)CC2)c1.Cc1ccnc(N2CCC(COc3ccc(-c4cc5c(nnn5C)c(C#N)n4)cc3C(F)(F)F)CC2)c1.Cn1nnc2c(C#N)nc(-c3ccc(O)c(C(F)(F)F)c3)cc21.OCC1CCNCC1.[3H][B].[AlH2]. The Hall–Kier alpha value is -9.74. The van der Waals surface area contributed by atoms with Gasteiger partial charge in [0, 0.05) is 122 Å². The number of rotatable bonds is 13. The zero-order valence-corrected chi connectivity index (χ0v) is 70.7. The number of ether oxygens (including phenoxy) is 1. The lowest BCUT2D eigenvalue weighted by atomic mass is 9.97. The predicted octanol–water partition coefficient (Wildman–Crippen LogP) is 10.9. The summed E-state index contributed by atoms with van der Waals surface area (Å²) in [4.78, 5) is 31.5. The van der Waals surface area contributed by atoms with Crippen LogP contribution in [0.25, 0.3) is 44.6 Å². The van der Waals surface area contributed by atoms with Crippen molar-refractivity contribution in [1.29, 1.82) is 11.9 Å². The smallest absolute Gasteiger partial charge is 0.419 e. The molecular weight excluding hydrogens is 1600 g/mol. The van der Waals surface area contributed by atoms with Crippen LogP contribution in [0.15, 0.2) is 122 Å². The highest BCUT2D eigenvalue weighted by Crippen LogP contribution is 2.41. The summed E-state index contributed by atoms with van der Waals surface area (Å²) < 4.78 is 152. The van der Waals surface area contributed by atoms with E-state index in [2.05, 4.69) is 116 Å². The Bertz CT molecular complexity index is 5180. The molecule has 8 aromatic heterocycles. The molecule has 0 amide bonds. The highest BCUT2D eigenvalue weighted by atomic mass is 35.7. The highest BCUT2D eigenvalue weighted by Gasteiger charge is 2.37. The second kappa shape index (κ2) is 44.7. The maximum Gasteiger partial charge on any atom is 0.419 e. The van der Waals surface area contributed by atoms with Crippen molar-refractivity contribution in [2.75, 3.05) is 106 Å². The number of aromatic nitrogens is 12. The first-order valence-corrected chi connectivity index (χ1v) is 41.3. The predicted molar refractivity (Wildman–Crippen MR) is 438 cm³/mol. The van der Waals surface area contributed by atoms with Gasteiger partial charge < -0.3 is 40.1 Å². The fourth-order valence-corrected chi connectivity index (χ4v) is 13.0. The zero-order chi connectivity index (χ0) is 85.8. The number of halogens is 8. The minimum atomic E-state index is -4.70. The normalized spacial score (nSPS) is 14.9. The molecule has 0 bridgehead atoms. The molecule has 27 nitrogen and oxygen atoms in total. The third-order valence-electron chi connectivity index (χ3n) is 19.0. The third kappa shape index (κ3) is 30.3. The van der Waals surface area contributed by atoms with E-state index < -0.39 is 54.3 Å². The zero-order valence-electron chi connectivity index (χ0n) is 67.3. The van der Waals surface area contributed by atoms with Gasteiger partial charge in [0.2, 0.25) is 15.0 Å². The molecule has 0 unspecified atom stereocenters. The second-order valence-corrected chi connectivity index (χ2v) is 32.8. The number of nitrogens with zero attached hydrogens (tertiary/aromatic N) is 17. The molecule has 0 aliphatic carbocycles. The summed E-state index contributed by atoms with van der Waals surface area (Å²) in [5.74, 6) is 3.02. The van der Waals surface area contributed by atoms with Crippen LogP contribution < -0.4 is 24.8 Å². The van der Waals surface area contributed by atoms with Gasteiger partial charge in [-0.1, -0.05) is 10.4 Å². The number of pyridine rings is 6. The van der Waals surface area contributed by atoms with Gasteiger partial charge >= 0.3 is 12.4 Å². The highest BCUT2D eigenvalue weighted by molar-refractivity contribution is 8.13. The quantitative estimate of drug-likeness (QED) is 0.0274. The van der Waals surface area contributed by atoms with Crippen LogP contribution in [0.4, 0.5) is 48.2 Å². The number of aryl methyl sites for hydroxylation is 6. The number of nitrogens with one attached hydrogen (secondary N) is 1. The molecule has 3 radical (unpaired) electrons. The first-order chi connectivity index (χ1) is 55.5. The minimum Gasteiger partial charge on any atom is -0.507 e. The largest absolute Gasteiger partial charge is 0.507 e. The van der Waals surface area contributed by atoms with E-state index in [1.165, 1.54) is 57.0 Å². The molecule has 4 saturated heterocycles. The number of hydrogen-bond acceptors (Lipinski definition) is 25. The number of phenolic OH excluding ortho intramolecular Hbond substituents is 1. The van der Waals surface area contributed by atoms with Crippen LogP contribution in [0, 0.1) is 80.0 Å². The summed E-state index contributed by atoms with van der Waals surface area (Å²) in [5, 5.41) is 64.3. The lowest BCUT2D eigenvalue weighted by molar-refractivity contribution is -0.139. The van der Waals surface area contributed by atoms with Crippen molar-refractivity contribution in [1.82, 2.24) is 65.2 Å². The summed E-state index contributed by atoms with van der Waals surface area (Å²) in [5.41, 5.74) is 4.67. The summed E-state index contributed by atoms with van der Waals surface area (Å²) in [6.07, 6.45) is 7.54. The van der Waals surface area contributed by atoms with Crippen molar-refractivity contribution in [3.05, 3.63) is 173 Å². The van der Waals surface area contributed by atoms with E-state index in [-0.39, 0.29) is 75.1 Å². The topological polar surface area (TPSA) is 356 Å². The fraction of sp³-hybridized carbons (Fsp3) is 0.436. The van der Waals surface area contributed by atoms with Gasteiger partial charge in [0.25, 0.3) is 10.1 Å². The van der Waals surface area contributed by atoms with Crippen LogP contribution in [0.5, 0.6) is 11.5 Å². The molecular formula is C78H95AlBClF7N18O9S2. The average molecular weight is 1700 g/mol. The lowest BCUT2D eigenvalue weighted by Gasteiger charge is -2.33. The molecule has 2 aromatic carbocycles. The van der Waals surface area contributed by atoms with Gasteiger partial charge in [0.15, 0.2) is 11.4 Å². The molecule has 39 heteroatoms. The van der Waals surface area contributed by atoms with Gasteiger partial charge in [-0.05, 0) is 236 Å². The Morgan fingerprint density at radius 1 is 0.556 bits per heavy atom. The van der Waals surface area contributed by atoms with Gasteiger partial charge in [-0.3, -0.25) is 4.18 Å². The molecule has 4 aliphatic heterocycles. The van der Waals surface area contributed by atoms with Crippen LogP contribution in [0.2, 0.25) is 0 Å². The number of anilines is 3. The van der Waals surface area contributed by atoms with E-state index in [1.54, 1.807) is 32.4 Å². The second-order valence-electron chi connectivity index (χ2n) is 28.1. The lowest BCUT2D eigenvalue weighted by Crippen LogP contribution is -2.36. The van der Waals surface area contributed by atoms with Crippen LogP contribution in [0.1, 0.15) is 96.1 Å². The monoisotopic (exact) mass is 1700 g/mol. The first kappa shape index (κ1) is 94.4. The van der Waals surface area contributed by atoms with E-state index in [4.69, 9.17) is 25.7 Å². The molecule has 0 spiro atoms. The molecule has 4 fully saturated rings. The molecule has 10 aromatic rings. The molecule has 4 aliphatic rings. The fourth-order valence-electron chi connectivity index (χ4n) is 12.5. The Morgan fingerprint density at radius 3 is 1.27 bits per heavy atom. The van der Waals surface area contributed by atoms with Crippen molar-refractivity contribution in [3.8, 4) is 46.2 Å². The molecule has 117 heavy (non-hydrogen) atoms. The summed E-state index contributed by atoms with van der Waals surface area (Å²) >= 11 is 0. The van der Waals surface area contributed by atoms with E-state index >= 15 is 0 Å². The Kier molecular flexibility index (Phi) is 36.1. The van der Waals surface area contributed by atoms with Crippen molar-refractivity contribution in [3.63, 3.8) is 0 Å². The van der Waals surface area contributed by atoms with Crippen LogP contribution in [0.3, 0.4) is 0 Å². The van der Waals surface area contributed by atoms with E-state index in [0.29, 0.717) is 54.1 Å². The number of aliphatic hydroxyl groups is 2. The maximum absolute atomic E-state index is 14.0. The Morgan fingerprint density at radius 2 is 0.923 bits per heavy atom. The molecule has 12 heterocycles. The number of aliphatic hydroxyl groups excluding tert-OH is 2. The van der Waals surface area contributed by atoms with E-state index in [1.807, 2.05) is 62.6 Å².